The molecule has 8 heteroatoms. The van der Waals surface area contributed by atoms with Gasteiger partial charge in [0.1, 0.15) is 18.0 Å². The lowest BCUT2D eigenvalue weighted by atomic mass is 9.90. The first-order chi connectivity index (χ1) is 13.0. The van der Waals surface area contributed by atoms with Gasteiger partial charge >= 0.3 is 5.97 Å². The molecular weight excluding hydrogens is 366 g/mol. The number of rotatable bonds is 6. The van der Waals surface area contributed by atoms with Crippen LogP contribution < -0.4 is 5.32 Å². The highest BCUT2D eigenvalue weighted by Gasteiger charge is 2.21. The molecular formula is C19H21N3O4S. The Hall–Kier alpha value is -2.58. The topological polar surface area (TPSA) is 103 Å². The van der Waals surface area contributed by atoms with E-state index in [-0.39, 0.29) is 5.69 Å². The number of phenolic OH excluding ortho intramolecular Hbond substituents is 1. The van der Waals surface area contributed by atoms with Gasteiger partial charge in [0.15, 0.2) is 0 Å². The van der Waals surface area contributed by atoms with E-state index in [9.17, 15) is 14.7 Å². The lowest BCUT2D eigenvalue weighted by Crippen LogP contribution is -2.29. The van der Waals surface area contributed by atoms with Gasteiger partial charge < -0.3 is 15.5 Å². The number of nitrogens with one attached hydrogen (secondary N) is 1. The molecule has 2 heterocycles. The van der Waals surface area contributed by atoms with Crippen molar-refractivity contribution in [1.82, 2.24) is 14.6 Å². The molecule has 1 saturated heterocycles. The first-order valence-electron chi connectivity index (χ1n) is 8.69. The number of aromatic hydroxyl groups is 1. The Balaban J connectivity index is 1.49. The van der Waals surface area contributed by atoms with Crippen LogP contribution >= 0.6 is 11.9 Å². The number of hydrogen-bond donors (Lipinski definition) is 3. The third-order valence-electron chi connectivity index (χ3n) is 4.42. The van der Waals surface area contributed by atoms with Crippen molar-refractivity contribution in [3.8, 4) is 5.75 Å². The normalized spacial score (nSPS) is 15.4. The number of amides is 1. The Kier molecular flexibility index (Phi) is 6.31. The third kappa shape index (κ3) is 5.45. The van der Waals surface area contributed by atoms with Crippen molar-refractivity contribution < 1.29 is 19.8 Å². The quantitative estimate of drug-likeness (QED) is 0.654. The van der Waals surface area contributed by atoms with E-state index >= 15 is 0 Å². The molecule has 27 heavy (non-hydrogen) atoms. The molecule has 1 aliphatic heterocycles. The average Bonchev–Trinajstić information content (AvgIpc) is 2.68. The smallest absolute Gasteiger partial charge is 0.322 e. The minimum absolute atomic E-state index is 0.201. The maximum absolute atomic E-state index is 11.8. The predicted molar refractivity (Wildman–Crippen MR) is 102 cm³/mol. The highest BCUT2D eigenvalue weighted by Crippen LogP contribution is 2.33. The molecule has 1 aliphatic rings. The van der Waals surface area contributed by atoms with Crippen LogP contribution in [0.1, 0.15) is 34.8 Å². The fourth-order valence-electron chi connectivity index (χ4n) is 2.99. The second kappa shape index (κ2) is 8.88. The highest BCUT2D eigenvalue weighted by molar-refractivity contribution is 7.97. The summed E-state index contributed by atoms with van der Waals surface area (Å²) in [7, 11) is 0. The maximum atomic E-state index is 11.8. The first-order valence-corrected chi connectivity index (χ1v) is 9.46. The van der Waals surface area contributed by atoms with Gasteiger partial charge in [0, 0.05) is 24.2 Å². The summed E-state index contributed by atoms with van der Waals surface area (Å²) in [5.41, 5.74) is 1.46. The predicted octanol–water partition coefficient (Wildman–Crippen LogP) is 2.49. The van der Waals surface area contributed by atoms with Crippen molar-refractivity contribution >= 4 is 23.8 Å². The molecule has 0 atom stereocenters. The molecule has 142 valence electrons. The van der Waals surface area contributed by atoms with E-state index in [1.165, 1.54) is 5.56 Å². The molecule has 0 aliphatic carbocycles. The highest BCUT2D eigenvalue weighted by atomic mass is 32.2. The van der Waals surface area contributed by atoms with Crippen LogP contribution in [0.15, 0.2) is 47.5 Å². The van der Waals surface area contributed by atoms with E-state index in [2.05, 4.69) is 14.6 Å². The number of phenols is 1. The van der Waals surface area contributed by atoms with Gasteiger partial charge in [0.05, 0.1) is 0 Å². The third-order valence-corrected chi connectivity index (χ3v) is 5.50. The summed E-state index contributed by atoms with van der Waals surface area (Å²) < 4.78 is 2.28. The number of piperidine rings is 1. The number of hydrogen-bond acceptors (Lipinski definition) is 6. The molecule has 0 spiro atoms. The van der Waals surface area contributed by atoms with Crippen molar-refractivity contribution in [2.75, 3.05) is 19.6 Å². The number of carbonyl (C=O) groups excluding carboxylic acids is 1. The van der Waals surface area contributed by atoms with E-state index in [1.807, 2.05) is 18.2 Å². The number of carboxylic acid groups (broad SMARTS) is 1. The number of benzene rings is 1. The number of carbonyl (C=O) groups is 2. The van der Waals surface area contributed by atoms with Crippen molar-refractivity contribution in [1.29, 1.82) is 0 Å². The number of pyridine rings is 1. The maximum Gasteiger partial charge on any atom is 0.322 e. The Labute approximate surface area is 161 Å². The second-order valence-corrected chi connectivity index (χ2v) is 7.51. The van der Waals surface area contributed by atoms with Crippen LogP contribution in [0.2, 0.25) is 0 Å². The van der Waals surface area contributed by atoms with E-state index < -0.39 is 18.4 Å². The fraction of sp³-hybridized carbons (Fsp3) is 0.316. The van der Waals surface area contributed by atoms with Crippen LogP contribution in [0, 0.1) is 0 Å². The minimum atomic E-state index is -1.09. The van der Waals surface area contributed by atoms with Crippen LogP contribution in [0.4, 0.5) is 0 Å². The zero-order valence-electron chi connectivity index (χ0n) is 14.7. The van der Waals surface area contributed by atoms with Crippen LogP contribution in [0.5, 0.6) is 5.75 Å². The molecule has 0 unspecified atom stereocenters. The van der Waals surface area contributed by atoms with Gasteiger partial charge in [0.2, 0.25) is 0 Å². The zero-order chi connectivity index (χ0) is 19.2. The number of aromatic nitrogens is 1. The Morgan fingerprint density at radius 1 is 1.15 bits per heavy atom. The van der Waals surface area contributed by atoms with Gasteiger partial charge in [-0.2, -0.15) is 0 Å². The van der Waals surface area contributed by atoms with Crippen molar-refractivity contribution in [3.05, 3.63) is 53.9 Å². The number of aliphatic carboxylic acids is 1. The summed E-state index contributed by atoms with van der Waals surface area (Å²) in [6.45, 7) is 1.46. The summed E-state index contributed by atoms with van der Waals surface area (Å²) in [5.74, 6) is -0.796. The van der Waals surface area contributed by atoms with Gasteiger partial charge in [-0.25, -0.2) is 9.29 Å². The standard InChI is InChI=1S/C19H21N3O4S/c23-15-3-1-13(2-4-15)14-7-9-22(10-8-14)27-16-5-6-17(20-11-16)19(26)21-12-18(24)25/h1-6,11,14,23H,7-10,12H2,(H,21,26)(H,24,25). The molecule has 1 fully saturated rings. The Morgan fingerprint density at radius 3 is 2.44 bits per heavy atom. The average molecular weight is 387 g/mol. The molecule has 0 bridgehead atoms. The van der Waals surface area contributed by atoms with Gasteiger partial charge in [-0.05, 0) is 60.5 Å². The van der Waals surface area contributed by atoms with Crippen LogP contribution in [0.25, 0.3) is 0 Å². The summed E-state index contributed by atoms with van der Waals surface area (Å²) in [5, 5.41) is 20.3. The summed E-state index contributed by atoms with van der Waals surface area (Å²) in [6, 6.07) is 10.9. The SMILES string of the molecule is O=C(O)CNC(=O)c1ccc(SN2CCC(c3ccc(O)cc3)CC2)cn1. The fourth-order valence-corrected chi connectivity index (χ4v) is 3.91. The van der Waals surface area contributed by atoms with Gasteiger partial charge in [-0.1, -0.05) is 12.1 Å². The van der Waals surface area contributed by atoms with Crippen LogP contribution in [0.3, 0.4) is 0 Å². The van der Waals surface area contributed by atoms with Gasteiger partial charge in [0.25, 0.3) is 5.91 Å². The molecule has 1 amide bonds. The Morgan fingerprint density at radius 2 is 1.85 bits per heavy atom. The summed E-state index contributed by atoms with van der Waals surface area (Å²) in [6.07, 6.45) is 3.72. The first kappa shape index (κ1) is 19.2. The van der Waals surface area contributed by atoms with E-state index in [4.69, 9.17) is 5.11 Å². The molecule has 2 aromatic rings. The monoisotopic (exact) mass is 387 g/mol. The second-order valence-electron chi connectivity index (χ2n) is 6.34. The zero-order valence-corrected chi connectivity index (χ0v) is 15.5. The molecule has 1 aromatic carbocycles. The lowest BCUT2D eigenvalue weighted by Gasteiger charge is -2.31. The molecule has 3 N–H and O–H groups in total. The minimum Gasteiger partial charge on any atom is -0.508 e. The van der Waals surface area contributed by atoms with Crippen molar-refractivity contribution in [2.45, 2.75) is 23.7 Å². The van der Waals surface area contributed by atoms with E-state index in [0.717, 1.165) is 30.8 Å². The van der Waals surface area contributed by atoms with E-state index in [1.54, 1.807) is 36.3 Å². The molecule has 0 radical (unpaired) electrons. The van der Waals surface area contributed by atoms with Crippen LogP contribution in [-0.2, 0) is 4.79 Å². The van der Waals surface area contributed by atoms with Crippen molar-refractivity contribution in [3.63, 3.8) is 0 Å². The summed E-state index contributed by atoms with van der Waals surface area (Å²) in [4.78, 5) is 27.3. The van der Waals surface area contributed by atoms with Crippen molar-refractivity contribution in [2.24, 2.45) is 0 Å². The molecule has 7 nitrogen and oxygen atoms in total. The molecule has 1 aromatic heterocycles. The van der Waals surface area contributed by atoms with Crippen LogP contribution in [-0.4, -0.2) is 51.0 Å². The lowest BCUT2D eigenvalue weighted by molar-refractivity contribution is -0.135. The number of nitrogens with zero attached hydrogens (tertiary/aromatic N) is 2. The largest absolute Gasteiger partial charge is 0.508 e. The molecule has 3 rings (SSSR count). The van der Waals surface area contributed by atoms with Gasteiger partial charge in [-0.15, -0.1) is 0 Å². The Bertz CT molecular complexity index is 788. The van der Waals surface area contributed by atoms with E-state index in [0.29, 0.717) is 11.7 Å². The molecule has 0 saturated carbocycles. The summed E-state index contributed by atoms with van der Waals surface area (Å²) >= 11 is 1.61. The van der Waals surface area contributed by atoms with Gasteiger partial charge in [-0.3, -0.25) is 9.59 Å². The number of carboxylic acids is 1.